The zero-order valence-electron chi connectivity index (χ0n) is 12.5. The van der Waals surface area contributed by atoms with E-state index >= 15 is 0 Å². The molecule has 0 heterocycles. The Bertz CT molecular complexity index is 570. The number of ketones is 1. The summed E-state index contributed by atoms with van der Waals surface area (Å²) in [7, 11) is -3.48. The summed E-state index contributed by atoms with van der Waals surface area (Å²) in [5.74, 6) is 0.379. The minimum Gasteiger partial charge on any atom is -0.295 e. The molecule has 2 rings (SSSR count). The molecule has 5 heteroatoms. The second-order valence-corrected chi connectivity index (χ2v) is 7.56. The minimum absolute atomic E-state index is 0.0645. The lowest BCUT2D eigenvalue weighted by molar-refractivity contribution is 0.101. The minimum atomic E-state index is -3.48. The Morgan fingerprint density at radius 1 is 1.10 bits per heavy atom. The highest BCUT2D eigenvalue weighted by Crippen LogP contribution is 2.22. The molecule has 0 aliphatic heterocycles. The monoisotopic (exact) mass is 309 g/mol. The van der Waals surface area contributed by atoms with E-state index in [1.165, 1.54) is 44.7 Å². The molecule has 1 aliphatic rings. The Hall–Kier alpha value is -1.20. The van der Waals surface area contributed by atoms with Gasteiger partial charge in [-0.15, -0.1) is 0 Å². The van der Waals surface area contributed by atoms with E-state index in [2.05, 4.69) is 4.72 Å². The predicted octanol–water partition coefficient (Wildman–Crippen LogP) is 3.14. The Morgan fingerprint density at radius 2 is 1.67 bits per heavy atom. The van der Waals surface area contributed by atoms with Gasteiger partial charge in [-0.05, 0) is 37.8 Å². The van der Waals surface area contributed by atoms with Crippen LogP contribution in [0.3, 0.4) is 0 Å². The molecule has 0 saturated heterocycles. The van der Waals surface area contributed by atoms with Crippen LogP contribution >= 0.6 is 0 Å². The maximum Gasteiger partial charge on any atom is 0.240 e. The number of carbonyl (C=O) groups excluding carboxylic acids is 1. The zero-order valence-corrected chi connectivity index (χ0v) is 13.3. The molecule has 0 amide bonds. The van der Waals surface area contributed by atoms with Crippen LogP contribution in [0.2, 0.25) is 0 Å². The number of hydrogen-bond acceptors (Lipinski definition) is 3. The van der Waals surface area contributed by atoms with Crippen LogP contribution in [0.4, 0.5) is 0 Å². The number of sulfonamides is 1. The van der Waals surface area contributed by atoms with E-state index in [1.54, 1.807) is 12.1 Å². The van der Waals surface area contributed by atoms with Gasteiger partial charge in [-0.2, -0.15) is 0 Å². The van der Waals surface area contributed by atoms with Crippen LogP contribution in [0.25, 0.3) is 0 Å². The average Bonchev–Trinajstić information content (AvgIpc) is 2.74. The van der Waals surface area contributed by atoms with Gasteiger partial charge in [0.1, 0.15) is 0 Å². The third kappa shape index (κ3) is 4.64. The van der Waals surface area contributed by atoms with Gasteiger partial charge in [-0.3, -0.25) is 4.79 Å². The Balaban J connectivity index is 1.98. The summed E-state index contributed by atoms with van der Waals surface area (Å²) in [6, 6.07) is 6.10. The van der Waals surface area contributed by atoms with E-state index in [1.807, 2.05) is 0 Å². The first-order chi connectivity index (χ1) is 9.99. The summed E-state index contributed by atoms with van der Waals surface area (Å²) in [4.78, 5) is 11.4. The molecule has 0 atom stereocenters. The van der Waals surface area contributed by atoms with E-state index in [0.717, 1.165) is 12.8 Å². The van der Waals surface area contributed by atoms with Crippen LogP contribution in [-0.4, -0.2) is 20.7 Å². The molecule has 0 spiro atoms. The molecule has 0 aromatic heterocycles. The highest BCUT2D eigenvalue weighted by atomic mass is 32.2. The summed E-state index contributed by atoms with van der Waals surface area (Å²) in [5, 5.41) is 0. The molecular formula is C16H23NO3S. The normalized spacial score (nSPS) is 17.4. The van der Waals surface area contributed by atoms with Crippen molar-refractivity contribution in [2.24, 2.45) is 5.92 Å². The van der Waals surface area contributed by atoms with Gasteiger partial charge in [0.05, 0.1) is 4.90 Å². The first-order valence-corrected chi connectivity index (χ1v) is 9.08. The van der Waals surface area contributed by atoms with Crippen LogP contribution in [0.5, 0.6) is 0 Å². The van der Waals surface area contributed by atoms with Crippen LogP contribution in [0.1, 0.15) is 55.8 Å². The van der Waals surface area contributed by atoms with Gasteiger partial charge < -0.3 is 0 Å². The number of carbonyl (C=O) groups is 1. The molecule has 1 fully saturated rings. The maximum atomic E-state index is 12.2. The molecule has 4 nitrogen and oxygen atoms in total. The Morgan fingerprint density at radius 3 is 2.19 bits per heavy atom. The highest BCUT2D eigenvalue weighted by Gasteiger charge is 2.18. The van der Waals surface area contributed by atoms with Crippen molar-refractivity contribution in [1.82, 2.24) is 4.72 Å². The lowest BCUT2D eigenvalue weighted by Crippen LogP contribution is -2.29. The number of rotatable bonds is 5. The average molecular weight is 309 g/mol. The molecule has 1 N–H and O–H groups in total. The molecule has 1 aromatic rings. The van der Waals surface area contributed by atoms with Gasteiger partial charge in [-0.25, -0.2) is 13.1 Å². The van der Waals surface area contributed by atoms with Crippen molar-refractivity contribution in [2.75, 3.05) is 6.54 Å². The maximum absolute atomic E-state index is 12.2. The number of nitrogens with one attached hydrogen (secondary N) is 1. The second-order valence-electron chi connectivity index (χ2n) is 5.79. The predicted molar refractivity (Wildman–Crippen MR) is 82.8 cm³/mol. The SMILES string of the molecule is CC(=O)c1ccc(S(=O)(=O)NCC2CCCCCC2)cc1. The highest BCUT2D eigenvalue weighted by molar-refractivity contribution is 7.89. The molecule has 21 heavy (non-hydrogen) atoms. The van der Waals surface area contributed by atoms with Gasteiger partial charge in [0.15, 0.2) is 5.78 Å². The Labute approximate surface area is 127 Å². The fourth-order valence-electron chi connectivity index (χ4n) is 2.75. The third-order valence-corrected chi connectivity index (χ3v) is 5.55. The smallest absolute Gasteiger partial charge is 0.240 e. The fourth-order valence-corrected chi connectivity index (χ4v) is 3.86. The molecule has 0 unspecified atom stereocenters. The standard InChI is InChI=1S/C16H23NO3S/c1-13(18)15-8-10-16(11-9-15)21(19,20)17-12-14-6-4-2-3-5-7-14/h8-11,14,17H,2-7,12H2,1H3. The summed E-state index contributed by atoms with van der Waals surface area (Å²) < 4.78 is 27.2. The van der Waals surface area contributed by atoms with Gasteiger partial charge >= 0.3 is 0 Å². The summed E-state index contributed by atoms with van der Waals surface area (Å²) in [6.45, 7) is 1.98. The van der Waals surface area contributed by atoms with Crippen LogP contribution in [-0.2, 0) is 10.0 Å². The first kappa shape index (κ1) is 16.2. The van der Waals surface area contributed by atoms with Gasteiger partial charge in [0.25, 0.3) is 0 Å². The lowest BCUT2D eigenvalue weighted by atomic mass is 10.0. The molecule has 0 radical (unpaired) electrons. The first-order valence-electron chi connectivity index (χ1n) is 7.60. The Kier molecular flexibility index (Phi) is 5.53. The van der Waals surface area contributed by atoms with Crippen molar-refractivity contribution < 1.29 is 13.2 Å². The second kappa shape index (κ2) is 7.18. The van der Waals surface area contributed by atoms with E-state index in [-0.39, 0.29) is 10.7 Å². The van der Waals surface area contributed by atoms with Crippen LogP contribution in [0.15, 0.2) is 29.2 Å². The van der Waals surface area contributed by atoms with Crippen molar-refractivity contribution in [1.29, 1.82) is 0 Å². The molecule has 1 aromatic carbocycles. The third-order valence-electron chi connectivity index (χ3n) is 4.11. The van der Waals surface area contributed by atoms with Crippen LogP contribution < -0.4 is 4.72 Å². The molecular weight excluding hydrogens is 286 g/mol. The fraction of sp³-hybridized carbons (Fsp3) is 0.562. The van der Waals surface area contributed by atoms with E-state index in [9.17, 15) is 13.2 Å². The van der Waals surface area contributed by atoms with Crippen molar-refractivity contribution >= 4 is 15.8 Å². The van der Waals surface area contributed by atoms with Crippen LogP contribution in [0, 0.1) is 5.92 Å². The van der Waals surface area contributed by atoms with Crippen molar-refractivity contribution in [3.05, 3.63) is 29.8 Å². The van der Waals surface area contributed by atoms with Gasteiger partial charge in [0, 0.05) is 12.1 Å². The summed E-state index contributed by atoms with van der Waals surface area (Å²) in [5.41, 5.74) is 0.526. The van der Waals surface area contributed by atoms with Crippen molar-refractivity contribution in [3.8, 4) is 0 Å². The van der Waals surface area contributed by atoms with Gasteiger partial charge in [0.2, 0.25) is 10.0 Å². The summed E-state index contributed by atoms with van der Waals surface area (Å²) in [6.07, 6.45) is 7.11. The number of benzene rings is 1. The van der Waals surface area contributed by atoms with E-state index in [4.69, 9.17) is 0 Å². The topological polar surface area (TPSA) is 63.2 Å². The number of hydrogen-bond donors (Lipinski definition) is 1. The number of Topliss-reactive ketones (excluding diaryl/α,β-unsaturated/α-hetero) is 1. The van der Waals surface area contributed by atoms with E-state index < -0.39 is 10.0 Å². The van der Waals surface area contributed by atoms with E-state index in [0.29, 0.717) is 18.0 Å². The van der Waals surface area contributed by atoms with Gasteiger partial charge in [-0.1, -0.05) is 37.8 Å². The van der Waals surface area contributed by atoms with Crippen molar-refractivity contribution in [2.45, 2.75) is 50.3 Å². The zero-order chi connectivity index (χ0) is 15.3. The molecule has 1 aliphatic carbocycles. The largest absolute Gasteiger partial charge is 0.295 e. The quantitative estimate of drug-likeness (QED) is 0.671. The van der Waals surface area contributed by atoms with Crippen molar-refractivity contribution in [3.63, 3.8) is 0 Å². The molecule has 116 valence electrons. The molecule has 1 saturated carbocycles. The summed E-state index contributed by atoms with van der Waals surface area (Å²) >= 11 is 0. The molecule has 0 bridgehead atoms. The lowest BCUT2D eigenvalue weighted by Gasteiger charge is -2.15.